The van der Waals surface area contributed by atoms with Crippen molar-refractivity contribution < 1.29 is 0 Å². The van der Waals surface area contributed by atoms with E-state index in [2.05, 4.69) is 66.9 Å². The molecule has 0 aliphatic heterocycles. The molecule has 1 atom stereocenters. The lowest BCUT2D eigenvalue weighted by Crippen LogP contribution is -2.46. The lowest BCUT2D eigenvalue weighted by Gasteiger charge is -2.25. The fourth-order valence-electron chi connectivity index (χ4n) is 3.51. The van der Waals surface area contributed by atoms with Crippen LogP contribution in [0.1, 0.15) is 38.2 Å². The van der Waals surface area contributed by atoms with Gasteiger partial charge in [-0.05, 0) is 58.2 Å². The molecular formula is C20H32N4. The van der Waals surface area contributed by atoms with Gasteiger partial charge in [0.1, 0.15) is 0 Å². The fourth-order valence-corrected chi connectivity index (χ4v) is 3.51. The van der Waals surface area contributed by atoms with E-state index in [-0.39, 0.29) is 5.41 Å². The Balaban J connectivity index is 1.59. The van der Waals surface area contributed by atoms with Crippen molar-refractivity contribution in [3.63, 3.8) is 0 Å². The van der Waals surface area contributed by atoms with Crippen LogP contribution in [-0.2, 0) is 5.41 Å². The first kappa shape index (κ1) is 17.3. The van der Waals surface area contributed by atoms with Gasteiger partial charge >= 0.3 is 0 Å². The molecule has 0 bridgehead atoms. The third-order valence-corrected chi connectivity index (χ3v) is 5.43. The van der Waals surface area contributed by atoms with Gasteiger partial charge in [-0.2, -0.15) is 0 Å². The van der Waals surface area contributed by atoms with Gasteiger partial charge in [0, 0.05) is 24.5 Å². The average Bonchev–Trinajstić information content (AvgIpc) is 3.48. The van der Waals surface area contributed by atoms with E-state index in [4.69, 9.17) is 4.99 Å². The molecule has 132 valence electrons. The maximum absolute atomic E-state index is 4.91. The molecule has 4 heteroatoms. The summed E-state index contributed by atoms with van der Waals surface area (Å²) < 4.78 is 0. The van der Waals surface area contributed by atoms with Crippen LogP contribution in [0, 0.1) is 5.92 Å². The SMILES string of the molecule is CCNC(=NCC1(c2ccccc2)CC1)NCC(C1CC1)N(C)C. The third kappa shape index (κ3) is 4.29. The van der Waals surface area contributed by atoms with Crippen LogP contribution in [0.25, 0.3) is 0 Å². The van der Waals surface area contributed by atoms with Crippen LogP contribution in [0.2, 0.25) is 0 Å². The van der Waals surface area contributed by atoms with Gasteiger partial charge in [0.05, 0.1) is 6.54 Å². The van der Waals surface area contributed by atoms with Crippen LogP contribution >= 0.6 is 0 Å². The van der Waals surface area contributed by atoms with Gasteiger partial charge < -0.3 is 15.5 Å². The zero-order valence-corrected chi connectivity index (χ0v) is 15.4. The summed E-state index contributed by atoms with van der Waals surface area (Å²) in [5, 5.41) is 6.98. The first-order chi connectivity index (χ1) is 11.6. The topological polar surface area (TPSA) is 39.7 Å². The summed E-state index contributed by atoms with van der Waals surface area (Å²) in [5.74, 6) is 1.82. The molecule has 2 saturated carbocycles. The standard InChI is InChI=1S/C20H32N4/c1-4-21-19(22-14-18(24(2)3)16-10-11-16)23-15-20(12-13-20)17-8-6-5-7-9-17/h5-9,16,18H,4,10-15H2,1-3H3,(H2,21,22,23). The van der Waals surface area contributed by atoms with E-state index in [1.807, 2.05) is 0 Å². The number of benzene rings is 1. The number of likely N-dealkylation sites (N-methyl/N-ethyl adjacent to an activating group) is 1. The number of nitrogens with zero attached hydrogens (tertiary/aromatic N) is 2. The third-order valence-electron chi connectivity index (χ3n) is 5.43. The Morgan fingerprint density at radius 2 is 1.92 bits per heavy atom. The van der Waals surface area contributed by atoms with Crippen LogP contribution in [-0.4, -0.2) is 50.6 Å². The molecule has 24 heavy (non-hydrogen) atoms. The molecule has 3 rings (SSSR count). The summed E-state index contributed by atoms with van der Waals surface area (Å²) in [5.41, 5.74) is 1.72. The summed E-state index contributed by atoms with van der Waals surface area (Å²) in [6.07, 6.45) is 5.25. The zero-order valence-electron chi connectivity index (χ0n) is 15.4. The van der Waals surface area contributed by atoms with Crippen molar-refractivity contribution in [2.45, 2.75) is 44.1 Å². The average molecular weight is 329 g/mol. The molecule has 0 amide bonds. The molecular weight excluding hydrogens is 296 g/mol. The highest BCUT2D eigenvalue weighted by molar-refractivity contribution is 5.79. The summed E-state index contributed by atoms with van der Waals surface area (Å²) in [4.78, 5) is 7.26. The molecule has 0 radical (unpaired) electrons. The normalized spacial score (nSPS) is 20.8. The Hall–Kier alpha value is -1.55. The molecule has 1 unspecified atom stereocenters. The van der Waals surface area contributed by atoms with Gasteiger partial charge in [-0.25, -0.2) is 0 Å². The predicted molar refractivity (Wildman–Crippen MR) is 102 cm³/mol. The molecule has 2 N–H and O–H groups in total. The van der Waals surface area contributed by atoms with E-state index in [0.29, 0.717) is 6.04 Å². The summed E-state index contributed by atoms with van der Waals surface area (Å²) in [6, 6.07) is 11.5. The van der Waals surface area contributed by atoms with Crippen LogP contribution in [0.4, 0.5) is 0 Å². The molecule has 4 nitrogen and oxygen atoms in total. The molecule has 2 aliphatic rings. The summed E-state index contributed by atoms with van der Waals surface area (Å²) >= 11 is 0. The first-order valence-electron chi connectivity index (χ1n) is 9.39. The smallest absolute Gasteiger partial charge is 0.191 e. The molecule has 2 aliphatic carbocycles. The number of guanidine groups is 1. The van der Waals surface area contributed by atoms with Crippen LogP contribution < -0.4 is 10.6 Å². The Morgan fingerprint density at radius 3 is 2.46 bits per heavy atom. The highest BCUT2D eigenvalue weighted by Gasteiger charge is 2.44. The van der Waals surface area contributed by atoms with Crippen LogP contribution in [0.15, 0.2) is 35.3 Å². The minimum atomic E-state index is 0.279. The summed E-state index contributed by atoms with van der Waals surface area (Å²) in [6.45, 7) is 4.89. The Morgan fingerprint density at radius 1 is 1.21 bits per heavy atom. The van der Waals surface area contributed by atoms with E-state index in [9.17, 15) is 0 Å². The van der Waals surface area contributed by atoms with E-state index in [1.165, 1.54) is 31.2 Å². The lowest BCUT2D eigenvalue weighted by molar-refractivity contribution is 0.264. The molecule has 0 heterocycles. The fraction of sp³-hybridized carbons (Fsp3) is 0.650. The van der Waals surface area contributed by atoms with E-state index in [0.717, 1.165) is 31.5 Å². The van der Waals surface area contributed by atoms with Crippen molar-refractivity contribution in [2.75, 3.05) is 33.7 Å². The Kier molecular flexibility index (Phi) is 5.44. The Labute approximate surface area is 146 Å². The van der Waals surface area contributed by atoms with E-state index < -0.39 is 0 Å². The van der Waals surface area contributed by atoms with Crippen molar-refractivity contribution in [1.82, 2.24) is 15.5 Å². The van der Waals surface area contributed by atoms with Gasteiger partial charge in [0.25, 0.3) is 0 Å². The van der Waals surface area contributed by atoms with Crippen molar-refractivity contribution in [2.24, 2.45) is 10.9 Å². The van der Waals surface area contributed by atoms with Crippen LogP contribution in [0.5, 0.6) is 0 Å². The monoisotopic (exact) mass is 328 g/mol. The lowest BCUT2D eigenvalue weighted by atomic mass is 9.96. The van der Waals surface area contributed by atoms with Gasteiger partial charge in [-0.1, -0.05) is 30.3 Å². The minimum Gasteiger partial charge on any atom is -0.357 e. The van der Waals surface area contributed by atoms with Crippen LogP contribution in [0.3, 0.4) is 0 Å². The molecule has 0 saturated heterocycles. The van der Waals surface area contributed by atoms with E-state index in [1.54, 1.807) is 0 Å². The predicted octanol–water partition coefficient (Wildman–Crippen LogP) is 2.61. The van der Waals surface area contributed by atoms with Gasteiger partial charge in [0.15, 0.2) is 5.96 Å². The zero-order chi connectivity index (χ0) is 17.0. The van der Waals surface area contributed by atoms with Gasteiger partial charge in [-0.15, -0.1) is 0 Å². The van der Waals surface area contributed by atoms with E-state index >= 15 is 0 Å². The Bertz CT molecular complexity index is 542. The second-order valence-corrected chi connectivity index (χ2v) is 7.59. The minimum absolute atomic E-state index is 0.279. The number of rotatable bonds is 8. The van der Waals surface area contributed by atoms with Gasteiger partial charge in [-0.3, -0.25) is 4.99 Å². The van der Waals surface area contributed by atoms with Crippen molar-refractivity contribution in [1.29, 1.82) is 0 Å². The highest BCUT2D eigenvalue weighted by Crippen LogP contribution is 2.48. The summed E-state index contributed by atoms with van der Waals surface area (Å²) in [7, 11) is 4.37. The number of aliphatic imine (C=N–C) groups is 1. The molecule has 2 fully saturated rings. The van der Waals surface area contributed by atoms with Crippen molar-refractivity contribution >= 4 is 5.96 Å². The quantitative estimate of drug-likeness (QED) is 0.569. The molecule has 1 aromatic rings. The largest absolute Gasteiger partial charge is 0.357 e. The molecule has 1 aromatic carbocycles. The second-order valence-electron chi connectivity index (χ2n) is 7.59. The highest BCUT2D eigenvalue weighted by atomic mass is 15.2. The number of nitrogens with one attached hydrogen (secondary N) is 2. The van der Waals surface area contributed by atoms with Crippen molar-refractivity contribution in [3.8, 4) is 0 Å². The number of hydrogen-bond donors (Lipinski definition) is 2. The van der Waals surface area contributed by atoms with Crippen molar-refractivity contribution in [3.05, 3.63) is 35.9 Å². The second kappa shape index (κ2) is 7.56. The van der Waals surface area contributed by atoms with Gasteiger partial charge in [0.2, 0.25) is 0 Å². The molecule has 0 spiro atoms. The number of hydrogen-bond acceptors (Lipinski definition) is 2. The maximum Gasteiger partial charge on any atom is 0.191 e. The molecule has 0 aromatic heterocycles. The first-order valence-corrected chi connectivity index (χ1v) is 9.39. The maximum atomic E-state index is 4.91.